The van der Waals surface area contributed by atoms with E-state index in [1.165, 1.54) is 0 Å². The largest absolute Gasteiger partial charge is 0.362 e. The van der Waals surface area contributed by atoms with Crippen LogP contribution in [-0.2, 0) is 6.54 Å². The summed E-state index contributed by atoms with van der Waals surface area (Å²) in [6, 6.07) is 7.39. The average molecular weight is 343 g/mol. The van der Waals surface area contributed by atoms with Crippen LogP contribution in [0.15, 0.2) is 30.5 Å². The minimum absolute atomic E-state index is 0.590. The lowest BCUT2D eigenvalue weighted by molar-refractivity contribution is 0.561. The van der Waals surface area contributed by atoms with E-state index >= 15 is 0 Å². The minimum atomic E-state index is 0.590. The molecule has 4 nitrogen and oxygen atoms in total. The number of benzene rings is 1. The van der Waals surface area contributed by atoms with Crippen molar-refractivity contribution in [3.05, 3.63) is 46.2 Å². The number of anilines is 1. The van der Waals surface area contributed by atoms with Gasteiger partial charge in [0.1, 0.15) is 0 Å². The van der Waals surface area contributed by atoms with E-state index in [1.807, 2.05) is 35.9 Å². The summed E-state index contributed by atoms with van der Waals surface area (Å²) >= 11 is 17.0. The molecule has 0 aliphatic carbocycles. The summed E-state index contributed by atoms with van der Waals surface area (Å²) in [6.07, 6.45) is 2.57. The van der Waals surface area contributed by atoms with Crippen LogP contribution in [0.3, 0.4) is 0 Å². The molecule has 2 aromatic rings. The molecule has 2 rings (SSSR count). The maximum Gasteiger partial charge on any atom is 0.170 e. The summed E-state index contributed by atoms with van der Waals surface area (Å²) in [5, 5.41) is 12.4. The van der Waals surface area contributed by atoms with Crippen LogP contribution in [0.25, 0.3) is 0 Å². The molecule has 7 heteroatoms. The number of halogens is 2. The standard InChI is InChI=1S/C14H16Cl2N4S/c1-10-13(16)9-18-20(10)8-2-7-17-14(21)19-12-5-3-11(15)4-6-12/h3-6,9H,2,7-8H2,1H3,(H2,17,19,21). The Morgan fingerprint density at radius 3 is 2.62 bits per heavy atom. The Labute approximate surface area is 139 Å². The lowest BCUT2D eigenvalue weighted by Crippen LogP contribution is -2.29. The Hall–Kier alpha value is -1.30. The van der Waals surface area contributed by atoms with Crippen molar-refractivity contribution in [1.29, 1.82) is 0 Å². The van der Waals surface area contributed by atoms with Gasteiger partial charge in [-0.3, -0.25) is 4.68 Å². The molecule has 0 radical (unpaired) electrons. The lowest BCUT2D eigenvalue weighted by Gasteiger charge is -2.11. The second kappa shape index (κ2) is 7.64. The molecule has 0 amide bonds. The number of nitrogens with one attached hydrogen (secondary N) is 2. The monoisotopic (exact) mass is 342 g/mol. The van der Waals surface area contributed by atoms with Crippen molar-refractivity contribution in [2.45, 2.75) is 19.9 Å². The molecule has 0 unspecified atom stereocenters. The molecule has 0 aliphatic rings. The Morgan fingerprint density at radius 2 is 2.00 bits per heavy atom. The highest BCUT2D eigenvalue weighted by Crippen LogP contribution is 2.14. The average Bonchev–Trinajstić information content (AvgIpc) is 2.78. The molecular weight excluding hydrogens is 327 g/mol. The fraction of sp³-hybridized carbons (Fsp3) is 0.286. The smallest absolute Gasteiger partial charge is 0.170 e. The summed E-state index contributed by atoms with van der Waals surface area (Å²) < 4.78 is 1.89. The zero-order chi connectivity index (χ0) is 15.2. The van der Waals surface area contributed by atoms with Crippen molar-refractivity contribution in [2.75, 3.05) is 11.9 Å². The van der Waals surface area contributed by atoms with E-state index in [-0.39, 0.29) is 0 Å². The van der Waals surface area contributed by atoms with Gasteiger partial charge in [0, 0.05) is 23.8 Å². The topological polar surface area (TPSA) is 41.9 Å². The zero-order valence-corrected chi connectivity index (χ0v) is 13.9. The van der Waals surface area contributed by atoms with E-state index in [0.717, 1.165) is 30.9 Å². The highest BCUT2D eigenvalue weighted by Gasteiger charge is 2.03. The molecule has 1 aromatic heterocycles. The van der Waals surface area contributed by atoms with Gasteiger partial charge in [0.25, 0.3) is 0 Å². The molecule has 0 bridgehead atoms. The predicted molar refractivity (Wildman–Crippen MR) is 92.3 cm³/mol. The second-order valence-electron chi connectivity index (χ2n) is 4.54. The molecule has 0 spiro atoms. The van der Waals surface area contributed by atoms with E-state index in [2.05, 4.69) is 15.7 Å². The summed E-state index contributed by atoms with van der Waals surface area (Å²) in [5.41, 5.74) is 1.89. The molecule has 0 saturated carbocycles. The van der Waals surface area contributed by atoms with Crippen molar-refractivity contribution in [3.8, 4) is 0 Å². The summed E-state index contributed by atoms with van der Waals surface area (Å²) in [7, 11) is 0. The Balaban J connectivity index is 1.70. The molecule has 0 aliphatic heterocycles. The SMILES string of the molecule is Cc1c(Cl)cnn1CCCNC(=S)Nc1ccc(Cl)cc1. The van der Waals surface area contributed by atoms with E-state index in [1.54, 1.807) is 6.20 Å². The van der Waals surface area contributed by atoms with E-state index < -0.39 is 0 Å². The molecular formula is C14H16Cl2N4S. The van der Waals surface area contributed by atoms with Crippen molar-refractivity contribution in [3.63, 3.8) is 0 Å². The first-order chi connectivity index (χ1) is 10.1. The molecule has 0 saturated heterocycles. The highest BCUT2D eigenvalue weighted by molar-refractivity contribution is 7.80. The van der Waals surface area contributed by atoms with E-state index in [0.29, 0.717) is 15.2 Å². The van der Waals surface area contributed by atoms with Gasteiger partial charge in [0.2, 0.25) is 0 Å². The van der Waals surface area contributed by atoms with E-state index in [9.17, 15) is 0 Å². The number of nitrogens with zero attached hydrogens (tertiary/aromatic N) is 2. The van der Waals surface area contributed by atoms with Crippen LogP contribution in [0.4, 0.5) is 5.69 Å². The number of aromatic nitrogens is 2. The van der Waals surface area contributed by atoms with Crippen LogP contribution in [-0.4, -0.2) is 21.4 Å². The molecule has 21 heavy (non-hydrogen) atoms. The Morgan fingerprint density at radius 1 is 1.29 bits per heavy atom. The predicted octanol–water partition coefficient (Wildman–Crippen LogP) is 3.88. The number of hydrogen-bond acceptors (Lipinski definition) is 2. The molecule has 112 valence electrons. The first-order valence-electron chi connectivity index (χ1n) is 6.54. The first kappa shape index (κ1) is 16.1. The third-order valence-electron chi connectivity index (χ3n) is 2.98. The van der Waals surface area contributed by atoms with Gasteiger partial charge in [-0.05, 0) is 49.8 Å². The normalized spacial score (nSPS) is 10.4. The Bertz CT molecular complexity index is 610. The van der Waals surface area contributed by atoms with Gasteiger partial charge in [0.05, 0.1) is 16.9 Å². The minimum Gasteiger partial charge on any atom is -0.362 e. The van der Waals surface area contributed by atoms with Crippen LogP contribution >= 0.6 is 35.4 Å². The van der Waals surface area contributed by atoms with Crippen molar-refractivity contribution in [1.82, 2.24) is 15.1 Å². The van der Waals surface area contributed by atoms with Crippen molar-refractivity contribution in [2.24, 2.45) is 0 Å². The fourth-order valence-electron chi connectivity index (χ4n) is 1.79. The zero-order valence-electron chi connectivity index (χ0n) is 11.6. The van der Waals surface area contributed by atoms with E-state index in [4.69, 9.17) is 35.4 Å². The molecule has 0 fully saturated rings. The van der Waals surface area contributed by atoms with Crippen LogP contribution in [0.5, 0.6) is 0 Å². The van der Waals surface area contributed by atoms with Gasteiger partial charge in [-0.25, -0.2) is 0 Å². The van der Waals surface area contributed by atoms with Gasteiger partial charge in [0.15, 0.2) is 5.11 Å². The summed E-state index contributed by atoms with van der Waals surface area (Å²) in [5.74, 6) is 0. The van der Waals surface area contributed by atoms with Gasteiger partial charge >= 0.3 is 0 Å². The second-order valence-corrected chi connectivity index (χ2v) is 5.79. The number of aryl methyl sites for hydroxylation is 1. The van der Waals surface area contributed by atoms with Crippen LogP contribution in [0.1, 0.15) is 12.1 Å². The van der Waals surface area contributed by atoms with Crippen molar-refractivity contribution >= 4 is 46.2 Å². The first-order valence-corrected chi connectivity index (χ1v) is 7.71. The van der Waals surface area contributed by atoms with Gasteiger partial charge in [-0.2, -0.15) is 5.10 Å². The maximum atomic E-state index is 5.95. The number of rotatable bonds is 5. The van der Waals surface area contributed by atoms with Crippen LogP contribution < -0.4 is 10.6 Å². The van der Waals surface area contributed by atoms with Gasteiger partial charge < -0.3 is 10.6 Å². The van der Waals surface area contributed by atoms with Crippen LogP contribution in [0.2, 0.25) is 10.0 Å². The number of thiocarbonyl (C=S) groups is 1. The highest BCUT2D eigenvalue weighted by atomic mass is 35.5. The summed E-state index contributed by atoms with van der Waals surface area (Å²) in [4.78, 5) is 0. The fourth-order valence-corrected chi connectivity index (χ4v) is 2.28. The van der Waals surface area contributed by atoms with Gasteiger partial charge in [-0.1, -0.05) is 23.2 Å². The maximum absolute atomic E-state index is 5.95. The Kier molecular flexibility index (Phi) is 5.85. The number of hydrogen-bond donors (Lipinski definition) is 2. The molecule has 0 atom stereocenters. The van der Waals surface area contributed by atoms with Crippen molar-refractivity contribution < 1.29 is 0 Å². The van der Waals surface area contributed by atoms with Crippen LogP contribution in [0, 0.1) is 6.92 Å². The lowest BCUT2D eigenvalue weighted by atomic mass is 10.3. The molecule has 2 N–H and O–H groups in total. The molecule has 1 heterocycles. The quantitative estimate of drug-likeness (QED) is 0.639. The van der Waals surface area contributed by atoms with Gasteiger partial charge in [-0.15, -0.1) is 0 Å². The summed E-state index contributed by atoms with van der Waals surface area (Å²) in [6.45, 7) is 3.51. The third kappa shape index (κ3) is 4.88. The molecule has 1 aromatic carbocycles. The third-order valence-corrected chi connectivity index (χ3v) is 3.85.